The first-order valence-corrected chi connectivity index (χ1v) is 8.68. The van der Waals surface area contributed by atoms with Crippen molar-refractivity contribution in [3.63, 3.8) is 0 Å². The van der Waals surface area contributed by atoms with Gasteiger partial charge in [-0.15, -0.1) is 0 Å². The molecule has 1 aromatic carbocycles. The van der Waals surface area contributed by atoms with E-state index in [2.05, 4.69) is 16.8 Å². The second kappa shape index (κ2) is 5.90. The Morgan fingerprint density at radius 3 is 2.92 bits per heavy atom. The predicted molar refractivity (Wildman–Crippen MR) is 94.0 cm³/mol. The number of fused-ring (bicyclic) bond motifs is 1. The first kappa shape index (κ1) is 15.1. The smallest absolute Gasteiger partial charge is 0.269 e. The number of aliphatic imine (C=N–C) groups is 1. The summed E-state index contributed by atoms with van der Waals surface area (Å²) in [6.07, 6.45) is 1.76. The first-order chi connectivity index (χ1) is 11.6. The molecule has 0 N–H and O–H groups in total. The number of hydrogen-bond donors (Lipinski definition) is 0. The molecule has 2 aliphatic rings. The fourth-order valence-corrected chi connectivity index (χ4v) is 4.39. The third-order valence-electron chi connectivity index (χ3n) is 4.30. The molecule has 122 valence electrons. The minimum absolute atomic E-state index is 0.0488. The van der Waals surface area contributed by atoms with Gasteiger partial charge in [-0.3, -0.25) is 20.1 Å². The number of nitro groups is 1. The molecular formula is C17H16N4O2S. The molecule has 2 aromatic rings. The summed E-state index contributed by atoms with van der Waals surface area (Å²) < 4.78 is 0. The van der Waals surface area contributed by atoms with Gasteiger partial charge in [0.1, 0.15) is 6.04 Å². The monoisotopic (exact) mass is 340 g/mol. The standard InChI is InChI=1S/C17H16N4O2S/c1-11-10-20-16(12-5-4-6-13(9-12)21(22)23)15(19-17(20)24-11)14-7-2-3-8-18-14/h2-9,11,15-16H,10H2,1H3/t11-,15-,16-/m1/s1. The number of nitrogens with zero attached hydrogens (tertiary/aromatic N) is 4. The molecule has 3 atom stereocenters. The highest BCUT2D eigenvalue weighted by atomic mass is 32.2. The molecule has 7 heteroatoms. The van der Waals surface area contributed by atoms with Crippen molar-refractivity contribution < 1.29 is 4.92 Å². The van der Waals surface area contributed by atoms with Crippen LogP contribution in [-0.4, -0.2) is 31.8 Å². The van der Waals surface area contributed by atoms with Crippen LogP contribution in [0.25, 0.3) is 0 Å². The van der Waals surface area contributed by atoms with Crippen LogP contribution in [0.2, 0.25) is 0 Å². The van der Waals surface area contributed by atoms with Crippen molar-refractivity contribution in [2.75, 3.05) is 6.54 Å². The van der Waals surface area contributed by atoms with Crippen LogP contribution in [0.15, 0.2) is 53.7 Å². The Bertz CT molecular complexity index is 811. The van der Waals surface area contributed by atoms with Gasteiger partial charge in [-0.25, -0.2) is 0 Å². The summed E-state index contributed by atoms with van der Waals surface area (Å²) >= 11 is 1.76. The minimum atomic E-state index is -0.350. The highest BCUT2D eigenvalue weighted by Gasteiger charge is 2.43. The SMILES string of the molecule is C[C@@H]1CN2C(=N[C@H](c3ccccn3)[C@H]2c2cccc([N+](=O)[O-])c2)S1. The summed E-state index contributed by atoms with van der Waals surface area (Å²) in [5.74, 6) is 0. The van der Waals surface area contributed by atoms with Gasteiger partial charge >= 0.3 is 0 Å². The summed E-state index contributed by atoms with van der Waals surface area (Å²) in [4.78, 5) is 22.4. The maximum absolute atomic E-state index is 11.1. The highest BCUT2D eigenvalue weighted by molar-refractivity contribution is 8.14. The molecule has 1 aromatic heterocycles. The van der Waals surface area contributed by atoms with Crippen LogP contribution in [0.3, 0.4) is 0 Å². The molecule has 0 amide bonds. The van der Waals surface area contributed by atoms with Gasteiger partial charge in [0.2, 0.25) is 0 Å². The van der Waals surface area contributed by atoms with E-state index in [0.29, 0.717) is 5.25 Å². The van der Waals surface area contributed by atoms with Crippen molar-refractivity contribution in [1.29, 1.82) is 0 Å². The van der Waals surface area contributed by atoms with Gasteiger partial charge in [-0.05, 0) is 17.7 Å². The Hall–Kier alpha value is -2.41. The summed E-state index contributed by atoms with van der Waals surface area (Å²) in [6, 6.07) is 12.5. The zero-order chi connectivity index (χ0) is 16.7. The zero-order valence-electron chi connectivity index (χ0n) is 13.1. The van der Waals surface area contributed by atoms with E-state index in [1.54, 1.807) is 30.1 Å². The zero-order valence-corrected chi connectivity index (χ0v) is 13.9. The van der Waals surface area contributed by atoms with E-state index in [0.717, 1.165) is 23.0 Å². The number of thioether (sulfide) groups is 1. The number of non-ortho nitro benzene ring substituents is 1. The van der Waals surface area contributed by atoms with Crippen molar-refractivity contribution in [2.24, 2.45) is 4.99 Å². The molecule has 4 rings (SSSR count). The number of amidine groups is 1. The number of hydrogen-bond acceptors (Lipinski definition) is 6. The van der Waals surface area contributed by atoms with Gasteiger partial charge in [-0.2, -0.15) is 0 Å². The normalized spacial score (nSPS) is 25.5. The van der Waals surface area contributed by atoms with Crippen LogP contribution in [-0.2, 0) is 0 Å². The molecule has 1 fully saturated rings. The lowest BCUT2D eigenvalue weighted by atomic mass is 9.96. The van der Waals surface area contributed by atoms with E-state index in [1.165, 1.54) is 6.07 Å². The molecule has 0 saturated carbocycles. The molecule has 1 saturated heterocycles. The topological polar surface area (TPSA) is 71.6 Å². The van der Waals surface area contributed by atoms with Crippen molar-refractivity contribution in [1.82, 2.24) is 9.88 Å². The van der Waals surface area contributed by atoms with Crippen molar-refractivity contribution >= 4 is 22.6 Å². The minimum Gasteiger partial charge on any atom is -0.341 e. The predicted octanol–water partition coefficient (Wildman–Crippen LogP) is 3.58. The molecule has 0 radical (unpaired) electrons. The molecule has 2 aliphatic heterocycles. The molecule has 0 unspecified atom stereocenters. The van der Waals surface area contributed by atoms with E-state index in [-0.39, 0.29) is 22.7 Å². The average molecular weight is 340 g/mol. The second-order valence-corrected chi connectivity index (χ2v) is 7.39. The average Bonchev–Trinajstić information content (AvgIpc) is 3.11. The lowest BCUT2D eigenvalue weighted by Gasteiger charge is -2.27. The third-order valence-corrected chi connectivity index (χ3v) is 5.41. The summed E-state index contributed by atoms with van der Waals surface area (Å²) in [7, 11) is 0. The number of aromatic nitrogens is 1. The molecule has 24 heavy (non-hydrogen) atoms. The Kier molecular flexibility index (Phi) is 3.72. The maximum Gasteiger partial charge on any atom is 0.269 e. The summed E-state index contributed by atoms with van der Waals surface area (Å²) in [6.45, 7) is 3.06. The highest BCUT2D eigenvalue weighted by Crippen LogP contribution is 2.47. The van der Waals surface area contributed by atoms with Gasteiger partial charge in [0.25, 0.3) is 5.69 Å². The fourth-order valence-electron chi connectivity index (χ4n) is 3.30. The second-order valence-electron chi connectivity index (χ2n) is 5.99. The molecule has 0 aliphatic carbocycles. The van der Waals surface area contributed by atoms with Crippen LogP contribution in [0, 0.1) is 10.1 Å². The van der Waals surface area contributed by atoms with E-state index in [1.807, 2.05) is 24.3 Å². The molecule has 6 nitrogen and oxygen atoms in total. The Morgan fingerprint density at radius 2 is 2.17 bits per heavy atom. The number of nitro benzene ring substituents is 1. The van der Waals surface area contributed by atoms with Gasteiger partial charge in [0.15, 0.2) is 5.17 Å². The number of pyridine rings is 1. The number of benzene rings is 1. The van der Waals surface area contributed by atoms with E-state index < -0.39 is 0 Å². The lowest BCUT2D eigenvalue weighted by molar-refractivity contribution is -0.384. The van der Waals surface area contributed by atoms with Crippen LogP contribution in [0.4, 0.5) is 5.69 Å². The fraction of sp³-hybridized carbons (Fsp3) is 0.294. The van der Waals surface area contributed by atoms with Gasteiger partial charge in [-0.1, -0.05) is 36.9 Å². The van der Waals surface area contributed by atoms with Gasteiger partial charge < -0.3 is 4.90 Å². The third kappa shape index (κ3) is 2.54. The van der Waals surface area contributed by atoms with Gasteiger partial charge in [0.05, 0.1) is 16.7 Å². The summed E-state index contributed by atoms with van der Waals surface area (Å²) in [5.41, 5.74) is 1.91. The Balaban J connectivity index is 1.78. The largest absolute Gasteiger partial charge is 0.341 e. The van der Waals surface area contributed by atoms with E-state index in [9.17, 15) is 10.1 Å². The van der Waals surface area contributed by atoms with Crippen LogP contribution in [0.5, 0.6) is 0 Å². The van der Waals surface area contributed by atoms with E-state index >= 15 is 0 Å². The quantitative estimate of drug-likeness (QED) is 0.631. The molecular weight excluding hydrogens is 324 g/mol. The van der Waals surface area contributed by atoms with Crippen LogP contribution >= 0.6 is 11.8 Å². The van der Waals surface area contributed by atoms with E-state index in [4.69, 9.17) is 4.99 Å². The van der Waals surface area contributed by atoms with Crippen molar-refractivity contribution in [3.8, 4) is 0 Å². The first-order valence-electron chi connectivity index (χ1n) is 7.80. The summed E-state index contributed by atoms with van der Waals surface area (Å²) in [5, 5.41) is 12.6. The Morgan fingerprint density at radius 1 is 1.29 bits per heavy atom. The van der Waals surface area contributed by atoms with Crippen molar-refractivity contribution in [2.45, 2.75) is 24.3 Å². The molecule has 3 heterocycles. The molecule has 0 spiro atoms. The maximum atomic E-state index is 11.1. The Labute approximate surface area is 143 Å². The van der Waals surface area contributed by atoms with Gasteiger partial charge in [0, 0.05) is 30.1 Å². The number of rotatable bonds is 3. The van der Waals surface area contributed by atoms with Crippen LogP contribution < -0.4 is 0 Å². The molecule has 0 bridgehead atoms. The van der Waals surface area contributed by atoms with Crippen LogP contribution in [0.1, 0.15) is 30.3 Å². The lowest BCUT2D eigenvalue weighted by Crippen LogP contribution is -2.28. The van der Waals surface area contributed by atoms with Crippen molar-refractivity contribution in [3.05, 3.63) is 70.0 Å².